The number of likely N-dealkylation sites (tertiary alicyclic amines) is 1. The third-order valence-corrected chi connectivity index (χ3v) is 4.71. The highest BCUT2D eigenvalue weighted by Gasteiger charge is 2.49. The molecule has 114 valence electrons. The van der Waals surface area contributed by atoms with Crippen LogP contribution in [0.4, 0.5) is 4.79 Å². The normalized spacial score (nSPS) is 29.2. The molecule has 1 saturated heterocycles. The lowest BCUT2D eigenvalue weighted by molar-refractivity contribution is -0.142. The summed E-state index contributed by atoms with van der Waals surface area (Å²) in [5.41, 5.74) is 0. The highest BCUT2D eigenvalue weighted by Crippen LogP contribution is 2.42. The molecule has 2 amide bonds. The molecule has 0 spiro atoms. The van der Waals surface area contributed by atoms with Crippen LogP contribution in [0.3, 0.4) is 0 Å². The summed E-state index contributed by atoms with van der Waals surface area (Å²) in [6.45, 7) is 2.36. The first-order valence-corrected chi connectivity index (χ1v) is 7.41. The number of rotatable bonds is 3. The predicted molar refractivity (Wildman–Crippen MR) is 74.6 cm³/mol. The first kappa shape index (κ1) is 14.0. The lowest BCUT2D eigenvalue weighted by Gasteiger charge is -2.26. The predicted octanol–water partition coefficient (Wildman–Crippen LogP) is 2.24. The second-order valence-corrected chi connectivity index (χ2v) is 5.98. The molecule has 6 heteroatoms. The van der Waals surface area contributed by atoms with Gasteiger partial charge in [0, 0.05) is 6.54 Å². The molecular formula is C15H20N2O4. The molecule has 4 unspecified atom stereocenters. The van der Waals surface area contributed by atoms with E-state index in [2.05, 4.69) is 5.32 Å². The van der Waals surface area contributed by atoms with Crippen molar-refractivity contribution >= 4 is 12.0 Å². The standard InChI is InChI=1S/C15H20N2O4/c1-9(12-6-3-7-21-12)16-15(20)17-8-10-4-2-5-11(10)13(17)14(18)19/h3,6-7,9-11,13H,2,4-5,8H2,1H3,(H,16,20)(H,18,19). The van der Waals surface area contributed by atoms with E-state index in [1.807, 2.05) is 6.92 Å². The van der Waals surface area contributed by atoms with Gasteiger partial charge in [0.05, 0.1) is 12.3 Å². The molecule has 2 aliphatic rings. The van der Waals surface area contributed by atoms with Crippen LogP contribution in [0.25, 0.3) is 0 Å². The molecule has 4 atom stereocenters. The molecule has 0 bridgehead atoms. The molecule has 6 nitrogen and oxygen atoms in total. The van der Waals surface area contributed by atoms with Crippen molar-refractivity contribution in [1.29, 1.82) is 0 Å². The minimum atomic E-state index is -0.898. The van der Waals surface area contributed by atoms with Gasteiger partial charge in [-0.1, -0.05) is 6.42 Å². The fourth-order valence-corrected chi connectivity index (χ4v) is 3.71. The van der Waals surface area contributed by atoms with Gasteiger partial charge in [-0.3, -0.25) is 0 Å². The second-order valence-electron chi connectivity index (χ2n) is 5.98. The van der Waals surface area contributed by atoms with Gasteiger partial charge < -0.3 is 19.7 Å². The largest absolute Gasteiger partial charge is 0.480 e. The van der Waals surface area contributed by atoms with Crippen LogP contribution in [-0.2, 0) is 4.79 Å². The number of carbonyl (C=O) groups excluding carboxylic acids is 1. The van der Waals surface area contributed by atoms with E-state index in [1.165, 1.54) is 4.90 Å². The van der Waals surface area contributed by atoms with Crippen LogP contribution in [0.15, 0.2) is 22.8 Å². The number of nitrogens with one attached hydrogen (secondary N) is 1. The van der Waals surface area contributed by atoms with E-state index < -0.39 is 12.0 Å². The van der Waals surface area contributed by atoms with Crippen LogP contribution >= 0.6 is 0 Å². The summed E-state index contributed by atoms with van der Waals surface area (Å²) in [5, 5.41) is 12.3. The number of nitrogens with zero attached hydrogens (tertiary/aromatic N) is 1. The Balaban J connectivity index is 1.70. The maximum Gasteiger partial charge on any atom is 0.326 e. The molecule has 2 heterocycles. The number of furan rings is 1. The van der Waals surface area contributed by atoms with Crippen molar-refractivity contribution < 1.29 is 19.1 Å². The SMILES string of the molecule is CC(NC(=O)N1CC2CCCC2C1C(=O)O)c1ccco1. The van der Waals surface area contributed by atoms with Crippen molar-refractivity contribution in [2.45, 2.75) is 38.3 Å². The Labute approximate surface area is 123 Å². The lowest BCUT2D eigenvalue weighted by Crippen LogP contribution is -2.48. The lowest BCUT2D eigenvalue weighted by atomic mass is 9.94. The summed E-state index contributed by atoms with van der Waals surface area (Å²) < 4.78 is 5.26. The molecule has 1 aliphatic heterocycles. The van der Waals surface area contributed by atoms with Crippen molar-refractivity contribution in [3.8, 4) is 0 Å². The van der Waals surface area contributed by atoms with E-state index in [4.69, 9.17) is 4.42 Å². The van der Waals surface area contributed by atoms with Crippen molar-refractivity contribution in [3.63, 3.8) is 0 Å². The van der Waals surface area contributed by atoms with Gasteiger partial charge in [0.1, 0.15) is 11.8 Å². The van der Waals surface area contributed by atoms with Gasteiger partial charge in [0.15, 0.2) is 0 Å². The molecule has 1 aliphatic carbocycles. The monoisotopic (exact) mass is 292 g/mol. The van der Waals surface area contributed by atoms with Gasteiger partial charge in [-0.25, -0.2) is 9.59 Å². The number of hydrogen-bond acceptors (Lipinski definition) is 3. The first-order valence-electron chi connectivity index (χ1n) is 7.41. The summed E-state index contributed by atoms with van der Waals surface area (Å²) in [4.78, 5) is 25.4. The van der Waals surface area contributed by atoms with E-state index >= 15 is 0 Å². The molecule has 1 saturated carbocycles. The van der Waals surface area contributed by atoms with E-state index in [0.29, 0.717) is 18.2 Å². The maximum atomic E-state index is 12.4. The van der Waals surface area contributed by atoms with Gasteiger partial charge in [-0.2, -0.15) is 0 Å². The number of carboxylic acids is 1. The Morgan fingerprint density at radius 2 is 2.29 bits per heavy atom. The molecule has 21 heavy (non-hydrogen) atoms. The number of carboxylic acid groups (broad SMARTS) is 1. The highest BCUT2D eigenvalue weighted by molar-refractivity contribution is 5.84. The fourth-order valence-electron chi connectivity index (χ4n) is 3.71. The van der Waals surface area contributed by atoms with Crippen LogP contribution in [0.1, 0.15) is 38.0 Å². The Morgan fingerprint density at radius 1 is 1.48 bits per heavy atom. The van der Waals surface area contributed by atoms with Crippen LogP contribution in [0, 0.1) is 11.8 Å². The summed E-state index contributed by atoms with van der Waals surface area (Å²) in [5.74, 6) is 0.197. The molecule has 0 aromatic carbocycles. The second kappa shape index (κ2) is 5.42. The first-order chi connectivity index (χ1) is 10.1. The van der Waals surface area contributed by atoms with Crippen molar-refractivity contribution in [3.05, 3.63) is 24.2 Å². The number of amides is 2. The fraction of sp³-hybridized carbons (Fsp3) is 0.600. The molecule has 2 N–H and O–H groups in total. The summed E-state index contributed by atoms with van der Waals surface area (Å²) >= 11 is 0. The van der Waals surface area contributed by atoms with Crippen LogP contribution < -0.4 is 5.32 Å². The summed E-state index contributed by atoms with van der Waals surface area (Å²) in [6, 6.07) is 2.26. The zero-order chi connectivity index (χ0) is 15.0. The summed E-state index contributed by atoms with van der Waals surface area (Å²) in [7, 11) is 0. The zero-order valence-electron chi connectivity index (χ0n) is 12.0. The van der Waals surface area contributed by atoms with E-state index in [0.717, 1.165) is 19.3 Å². The maximum absolute atomic E-state index is 12.4. The minimum Gasteiger partial charge on any atom is -0.480 e. The molecular weight excluding hydrogens is 272 g/mol. The molecule has 0 radical (unpaired) electrons. The van der Waals surface area contributed by atoms with Crippen LogP contribution in [0.2, 0.25) is 0 Å². The van der Waals surface area contributed by atoms with Crippen LogP contribution in [0.5, 0.6) is 0 Å². The van der Waals surface area contributed by atoms with Gasteiger partial charge in [0.25, 0.3) is 0 Å². The van der Waals surface area contributed by atoms with Gasteiger partial charge in [0.2, 0.25) is 0 Å². The number of aliphatic carboxylic acids is 1. The van der Waals surface area contributed by atoms with E-state index in [9.17, 15) is 14.7 Å². The Hall–Kier alpha value is -1.98. The quantitative estimate of drug-likeness (QED) is 0.895. The van der Waals surface area contributed by atoms with Crippen molar-refractivity contribution in [2.24, 2.45) is 11.8 Å². The van der Waals surface area contributed by atoms with Gasteiger partial charge in [-0.05, 0) is 43.7 Å². The van der Waals surface area contributed by atoms with Crippen molar-refractivity contribution in [1.82, 2.24) is 10.2 Å². The highest BCUT2D eigenvalue weighted by atomic mass is 16.4. The molecule has 3 rings (SSSR count). The van der Waals surface area contributed by atoms with Gasteiger partial charge >= 0.3 is 12.0 Å². The molecule has 1 aromatic rings. The third kappa shape index (κ3) is 2.50. The Kier molecular flexibility index (Phi) is 3.61. The van der Waals surface area contributed by atoms with E-state index in [1.54, 1.807) is 18.4 Å². The average Bonchev–Trinajstić information content (AvgIpc) is 3.14. The summed E-state index contributed by atoms with van der Waals surface area (Å²) in [6.07, 6.45) is 4.54. The zero-order valence-corrected chi connectivity index (χ0v) is 12.0. The van der Waals surface area contributed by atoms with Gasteiger partial charge in [-0.15, -0.1) is 0 Å². The smallest absolute Gasteiger partial charge is 0.326 e. The molecule has 2 fully saturated rings. The number of urea groups is 1. The third-order valence-electron chi connectivity index (χ3n) is 4.71. The van der Waals surface area contributed by atoms with E-state index in [-0.39, 0.29) is 18.0 Å². The Bertz CT molecular complexity index is 528. The topological polar surface area (TPSA) is 82.8 Å². The van der Waals surface area contributed by atoms with Crippen LogP contribution in [-0.4, -0.2) is 34.6 Å². The number of fused-ring (bicyclic) bond motifs is 1. The number of carbonyl (C=O) groups is 2. The molecule has 1 aromatic heterocycles. The minimum absolute atomic E-state index is 0.104. The number of hydrogen-bond donors (Lipinski definition) is 2. The Morgan fingerprint density at radius 3 is 2.95 bits per heavy atom. The van der Waals surface area contributed by atoms with Crippen molar-refractivity contribution in [2.75, 3.05) is 6.54 Å². The average molecular weight is 292 g/mol.